The Bertz CT molecular complexity index is 774. The zero-order valence-electron chi connectivity index (χ0n) is 13.0. The van der Waals surface area contributed by atoms with Crippen LogP contribution in [0.1, 0.15) is 6.92 Å². The minimum Gasteiger partial charge on any atom is -0.477 e. The number of nitrogens with zero attached hydrogens (tertiary/aromatic N) is 4. The number of halogens is 2. The predicted molar refractivity (Wildman–Crippen MR) is 94.7 cm³/mol. The number of hydrogen-bond donors (Lipinski definition) is 3. The third-order valence-corrected chi connectivity index (χ3v) is 6.52. The number of rotatable bonds is 6. The molecule has 10 nitrogen and oxygen atoms in total. The summed E-state index contributed by atoms with van der Waals surface area (Å²) in [6.07, 6.45) is 0. The van der Waals surface area contributed by atoms with E-state index in [1.54, 1.807) is 6.92 Å². The molecule has 3 N–H and O–H groups in total. The molecule has 14 heteroatoms. The summed E-state index contributed by atoms with van der Waals surface area (Å²) in [5, 5.41) is 25.1. The molecular formula is C12H12Cl2N6O4S2. The van der Waals surface area contributed by atoms with Gasteiger partial charge >= 0.3 is 5.97 Å². The van der Waals surface area contributed by atoms with E-state index in [-0.39, 0.29) is 10.9 Å². The summed E-state index contributed by atoms with van der Waals surface area (Å²) in [4.78, 5) is 35.7. The van der Waals surface area contributed by atoms with Gasteiger partial charge in [-0.05, 0) is 17.7 Å². The number of alkyl halides is 2. The Morgan fingerprint density at radius 3 is 2.81 bits per heavy atom. The topological polar surface area (TPSA) is 141 Å². The van der Waals surface area contributed by atoms with Gasteiger partial charge in [-0.3, -0.25) is 14.5 Å². The molecule has 1 saturated heterocycles. The lowest BCUT2D eigenvalue weighted by Gasteiger charge is -2.50. The quantitative estimate of drug-likeness (QED) is 0.323. The van der Waals surface area contributed by atoms with Crippen molar-refractivity contribution in [1.29, 1.82) is 0 Å². The van der Waals surface area contributed by atoms with Crippen LogP contribution >= 0.6 is 46.7 Å². The zero-order valence-corrected chi connectivity index (χ0v) is 16.2. The highest BCUT2D eigenvalue weighted by Gasteiger charge is 2.54. The SMILES string of the molecule is CC(Sc1nn[nH]n1)C1=C(C(=O)O)N2C(=O)C(NC(=O)C(Cl)Cl)[C@H]2SC1. The molecule has 3 heterocycles. The average Bonchev–Trinajstić information content (AvgIpc) is 3.10. The van der Waals surface area contributed by atoms with E-state index < -0.39 is 34.0 Å². The van der Waals surface area contributed by atoms with Gasteiger partial charge in [-0.1, -0.05) is 35.0 Å². The first-order valence-corrected chi connectivity index (χ1v) is 10.0. The Morgan fingerprint density at radius 2 is 2.23 bits per heavy atom. The van der Waals surface area contributed by atoms with E-state index in [1.165, 1.54) is 28.4 Å². The maximum absolute atomic E-state index is 12.4. The maximum Gasteiger partial charge on any atom is 0.352 e. The van der Waals surface area contributed by atoms with Crippen molar-refractivity contribution in [1.82, 2.24) is 30.8 Å². The Labute approximate surface area is 165 Å². The highest BCUT2D eigenvalue weighted by Crippen LogP contribution is 2.43. The molecule has 3 rings (SSSR count). The summed E-state index contributed by atoms with van der Waals surface area (Å²) in [6.45, 7) is 1.80. The van der Waals surface area contributed by atoms with E-state index >= 15 is 0 Å². The van der Waals surface area contributed by atoms with Crippen molar-refractivity contribution in [3.8, 4) is 0 Å². The molecule has 0 saturated carbocycles. The number of hydrogen-bond acceptors (Lipinski definition) is 8. The summed E-state index contributed by atoms with van der Waals surface area (Å²) in [6, 6.07) is -0.858. The molecule has 2 aliphatic rings. The van der Waals surface area contributed by atoms with Crippen molar-refractivity contribution in [2.75, 3.05) is 5.75 Å². The van der Waals surface area contributed by atoms with Crippen LogP contribution in [0.3, 0.4) is 0 Å². The first-order chi connectivity index (χ1) is 12.3. The summed E-state index contributed by atoms with van der Waals surface area (Å²) < 4.78 is 0. The Kier molecular flexibility index (Phi) is 5.65. The van der Waals surface area contributed by atoms with Crippen LogP contribution in [0.4, 0.5) is 0 Å². The number of carbonyl (C=O) groups is 3. The van der Waals surface area contributed by atoms with Gasteiger partial charge in [0.05, 0.1) is 0 Å². The molecule has 1 aromatic rings. The van der Waals surface area contributed by atoms with Crippen molar-refractivity contribution in [2.24, 2.45) is 0 Å². The standard InChI is InChI=1S/C12H12Cl2N6O4S2/c1-3(26-12-16-18-19-17-12)4-2-25-10-5(15-8(21)7(13)14)9(22)20(10)6(4)11(23)24/h3,5,7,10H,2H2,1H3,(H,15,21)(H,23,24)(H,16,17,18,19)/t3?,5?,10-/m1/s1. The highest BCUT2D eigenvalue weighted by molar-refractivity contribution is 8.01. The fourth-order valence-corrected chi connectivity index (χ4v) is 5.14. The number of nitrogens with one attached hydrogen (secondary N) is 2. The van der Waals surface area contributed by atoms with E-state index in [4.69, 9.17) is 23.2 Å². The number of aromatic amines is 1. The number of fused-ring (bicyclic) bond motifs is 1. The number of tetrazole rings is 1. The number of amides is 2. The van der Waals surface area contributed by atoms with Gasteiger partial charge in [0.1, 0.15) is 17.1 Å². The summed E-state index contributed by atoms with van der Waals surface area (Å²) >= 11 is 13.6. The predicted octanol–water partition coefficient (Wildman–Crippen LogP) is 0.223. The third-order valence-electron chi connectivity index (χ3n) is 3.80. The van der Waals surface area contributed by atoms with Crippen LogP contribution in [0.5, 0.6) is 0 Å². The summed E-state index contributed by atoms with van der Waals surface area (Å²) in [5.41, 5.74) is 0.486. The van der Waals surface area contributed by atoms with E-state index in [1.807, 2.05) is 0 Å². The van der Waals surface area contributed by atoms with Gasteiger partial charge in [-0.15, -0.1) is 22.0 Å². The van der Waals surface area contributed by atoms with Crippen LogP contribution < -0.4 is 5.32 Å². The van der Waals surface area contributed by atoms with Crippen LogP contribution in [0.25, 0.3) is 0 Å². The zero-order chi connectivity index (χ0) is 19.0. The van der Waals surface area contributed by atoms with Gasteiger partial charge in [-0.2, -0.15) is 5.21 Å². The molecule has 1 fully saturated rings. The van der Waals surface area contributed by atoms with E-state index in [0.717, 1.165) is 0 Å². The van der Waals surface area contributed by atoms with Crippen molar-refractivity contribution >= 4 is 64.5 Å². The van der Waals surface area contributed by atoms with Crippen molar-refractivity contribution in [2.45, 2.75) is 33.6 Å². The van der Waals surface area contributed by atoms with Gasteiger partial charge in [0.25, 0.3) is 11.8 Å². The second kappa shape index (κ2) is 7.62. The van der Waals surface area contributed by atoms with Crippen molar-refractivity contribution < 1.29 is 19.5 Å². The number of aliphatic carboxylic acids is 1. The largest absolute Gasteiger partial charge is 0.477 e. The monoisotopic (exact) mass is 438 g/mol. The molecule has 2 aliphatic heterocycles. The second-order valence-electron chi connectivity index (χ2n) is 5.33. The maximum atomic E-state index is 12.4. The molecule has 0 bridgehead atoms. The third kappa shape index (κ3) is 3.50. The molecule has 0 aliphatic carbocycles. The number of carbonyl (C=O) groups excluding carboxylic acids is 2. The smallest absolute Gasteiger partial charge is 0.352 e. The number of carboxylic acids is 1. The van der Waals surface area contributed by atoms with Crippen LogP contribution in [-0.2, 0) is 14.4 Å². The number of carboxylic acid groups (broad SMARTS) is 1. The van der Waals surface area contributed by atoms with Crippen molar-refractivity contribution in [3.63, 3.8) is 0 Å². The molecule has 0 aromatic carbocycles. The Balaban J connectivity index is 1.81. The molecule has 0 radical (unpaired) electrons. The summed E-state index contributed by atoms with van der Waals surface area (Å²) in [7, 11) is 0. The van der Waals surface area contributed by atoms with Crippen LogP contribution in [0, 0.1) is 0 Å². The lowest BCUT2D eigenvalue weighted by Crippen LogP contribution is -2.71. The van der Waals surface area contributed by atoms with E-state index in [9.17, 15) is 19.5 Å². The molecular weight excluding hydrogens is 427 g/mol. The fourth-order valence-electron chi connectivity index (χ4n) is 2.60. The number of H-pyrrole nitrogens is 1. The van der Waals surface area contributed by atoms with Crippen LogP contribution in [-0.4, -0.2) is 75.7 Å². The van der Waals surface area contributed by atoms with Crippen LogP contribution in [0.2, 0.25) is 0 Å². The fraction of sp³-hybridized carbons (Fsp3) is 0.500. The number of β-lactam (4-membered cyclic amide) rings is 1. The molecule has 3 atom stereocenters. The molecule has 2 unspecified atom stereocenters. The van der Waals surface area contributed by atoms with Gasteiger partial charge in [0, 0.05) is 11.0 Å². The lowest BCUT2D eigenvalue weighted by atomic mass is 10.0. The number of thioether (sulfide) groups is 2. The molecule has 2 amide bonds. The van der Waals surface area contributed by atoms with Gasteiger partial charge < -0.3 is 10.4 Å². The van der Waals surface area contributed by atoms with E-state index in [2.05, 4.69) is 25.9 Å². The normalized spacial score (nSPS) is 23.5. The minimum atomic E-state index is -1.30. The highest BCUT2D eigenvalue weighted by atomic mass is 35.5. The lowest BCUT2D eigenvalue weighted by molar-refractivity contribution is -0.150. The molecule has 0 spiro atoms. The van der Waals surface area contributed by atoms with Gasteiger partial charge in [0.15, 0.2) is 4.84 Å². The second-order valence-corrected chi connectivity index (χ2v) is 8.84. The molecule has 1 aromatic heterocycles. The van der Waals surface area contributed by atoms with Crippen molar-refractivity contribution in [3.05, 3.63) is 11.3 Å². The Hall–Kier alpha value is -1.50. The molecule has 140 valence electrons. The minimum absolute atomic E-state index is 0.0824. The average molecular weight is 439 g/mol. The van der Waals surface area contributed by atoms with Gasteiger partial charge in [-0.25, -0.2) is 4.79 Å². The first-order valence-electron chi connectivity index (χ1n) is 7.21. The first kappa shape index (κ1) is 19.3. The molecule has 26 heavy (non-hydrogen) atoms. The number of aromatic nitrogens is 4. The van der Waals surface area contributed by atoms with Crippen LogP contribution in [0.15, 0.2) is 16.4 Å². The van der Waals surface area contributed by atoms with Gasteiger partial charge in [0.2, 0.25) is 5.16 Å². The van der Waals surface area contributed by atoms with E-state index in [0.29, 0.717) is 16.5 Å². The summed E-state index contributed by atoms with van der Waals surface area (Å²) in [5.74, 6) is -2.05. The Morgan fingerprint density at radius 1 is 1.50 bits per heavy atom.